The summed E-state index contributed by atoms with van der Waals surface area (Å²) in [6.45, 7) is 4.82. The van der Waals surface area contributed by atoms with Crippen molar-refractivity contribution in [2.45, 2.75) is 39.5 Å². The second-order valence-corrected chi connectivity index (χ2v) is 4.62. The van der Waals surface area contributed by atoms with E-state index in [1.807, 2.05) is 18.2 Å². The van der Waals surface area contributed by atoms with Crippen LogP contribution in [0.2, 0.25) is 0 Å². The van der Waals surface area contributed by atoms with Crippen molar-refractivity contribution in [1.29, 1.82) is 0 Å². The van der Waals surface area contributed by atoms with E-state index in [1.54, 1.807) is 4.90 Å². The van der Waals surface area contributed by atoms with E-state index in [0.29, 0.717) is 13.0 Å². The number of rotatable bonds is 3. The van der Waals surface area contributed by atoms with Crippen molar-refractivity contribution in [3.05, 3.63) is 29.3 Å². The van der Waals surface area contributed by atoms with Gasteiger partial charge in [-0.3, -0.25) is 9.59 Å². The lowest BCUT2D eigenvalue weighted by Crippen LogP contribution is -2.42. The van der Waals surface area contributed by atoms with Gasteiger partial charge in [0.2, 0.25) is 5.78 Å². The largest absolute Gasteiger partial charge is 0.305 e. The van der Waals surface area contributed by atoms with E-state index in [1.165, 1.54) is 0 Å². The molecule has 1 amide bonds. The first-order chi connectivity index (χ1) is 8.69. The van der Waals surface area contributed by atoms with Gasteiger partial charge >= 0.3 is 0 Å². The number of para-hydroxylation sites is 1. The molecule has 1 aromatic rings. The fourth-order valence-corrected chi connectivity index (χ4v) is 2.53. The van der Waals surface area contributed by atoms with E-state index in [0.717, 1.165) is 36.1 Å². The van der Waals surface area contributed by atoms with E-state index in [9.17, 15) is 9.59 Å². The Balaban J connectivity index is 2.48. The van der Waals surface area contributed by atoms with Crippen LogP contribution in [0.15, 0.2) is 18.2 Å². The van der Waals surface area contributed by atoms with Crippen LogP contribution < -0.4 is 4.90 Å². The molecule has 1 aromatic carbocycles. The molecule has 0 saturated carbocycles. The van der Waals surface area contributed by atoms with Gasteiger partial charge in [-0.05, 0) is 30.4 Å². The molecule has 0 N–H and O–H groups in total. The summed E-state index contributed by atoms with van der Waals surface area (Å²) < 4.78 is 0. The number of nitrogens with zero attached hydrogens (tertiary/aromatic N) is 1. The maximum Gasteiger partial charge on any atom is 0.294 e. The highest BCUT2D eigenvalue weighted by Gasteiger charge is 2.29. The number of Topliss-reactive ketones (excluding diaryl/α,β-unsaturated/α-hetero) is 1. The van der Waals surface area contributed by atoms with Crippen molar-refractivity contribution >= 4 is 17.4 Å². The minimum atomic E-state index is -0.336. The summed E-state index contributed by atoms with van der Waals surface area (Å²) in [4.78, 5) is 25.3. The standard InChI is InChI=1S/C15H19NO2/c1-3-11-7-5-8-12(4-2)14(11)16-10-6-9-13(17)15(16)18/h5,7-8H,3-4,6,9-10H2,1-2H3. The summed E-state index contributed by atoms with van der Waals surface area (Å²) in [6.07, 6.45) is 2.92. The maximum absolute atomic E-state index is 12.0. The van der Waals surface area contributed by atoms with Gasteiger partial charge in [-0.15, -0.1) is 0 Å². The number of anilines is 1. The summed E-state index contributed by atoms with van der Waals surface area (Å²) in [7, 11) is 0. The van der Waals surface area contributed by atoms with Crippen LogP contribution >= 0.6 is 0 Å². The third kappa shape index (κ3) is 2.17. The molecule has 1 fully saturated rings. The molecule has 3 heteroatoms. The molecule has 0 bridgehead atoms. The Morgan fingerprint density at radius 3 is 2.28 bits per heavy atom. The van der Waals surface area contributed by atoms with Gasteiger partial charge in [0.25, 0.3) is 5.91 Å². The number of benzene rings is 1. The Morgan fingerprint density at radius 2 is 1.72 bits per heavy atom. The first-order valence-electron chi connectivity index (χ1n) is 6.64. The lowest BCUT2D eigenvalue weighted by Gasteiger charge is -2.29. The van der Waals surface area contributed by atoms with Gasteiger partial charge in [0, 0.05) is 13.0 Å². The zero-order valence-electron chi connectivity index (χ0n) is 11.0. The van der Waals surface area contributed by atoms with Crippen molar-refractivity contribution in [2.24, 2.45) is 0 Å². The number of ketones is 1. The number of aryl methyl sites for hydroxylation is 2. The Bertz CT molecular complexity index is 457. The predicted octanol–water partition coefficient (Wildman–Crippen LogP) is 2.51. The minimum Gasteiger partial charge on any atom is -0.305 e. The average Bonchev–Trinajstić information content (AvgIpc) is 2.41. The molecular formula is C15H19NO2. The van der Waals surface area contributed by atoms with E-state index < -0.39 is 0 Å². The van der Waals surface area contributed by atoms with Crippen LogP contribution in [0.25, 0.3) is 0 Å². The number of amides is 1. The molecule has 0 atom stereocenters. The Hall–Kier alpha value is -1.64. The Morgan fingerprint density at radius 1 is 1.11 bits per heavy atom. The van der Waals surface area contributed by atoms with Crippen molar-refractivity contribution in [2.75, 3.05) is 11.4 Å². The minimum absolute atomic E-state index is 0.255. The fraction of sp³-hybridized carbons (Fsp3) is 0.467. The van der Waals surface area contributed by atoms with E-state index in [2.05, 4.69) is 13.8 Å². The smallest absolute Gasteiger partial charge is 0.294 e. The molecule has 2 rings (SSSR count). The number of hydrogen-bond donors (Lipinski definition) is 0. The molecule has 18 heavy (non-hydrogen) atoms. The van der Waals surface area contributed by atoms with Crippen LogP contribution in [0.1, 0.15) is 37.8 Å². The van der Waals surface area contributed by atoms with E-state index >= 15 is 0 Å². The molecule has 0 unspecified atom stereocenters. The highest BCUT2D eigenvalue weighted by Crippen LogP contribution is 2.29. The quantitative estimate of drug-likeness (QED) is 0.767. The van der Waals surface area contributed by atoms with Gasteiger partial charge in [-0.1, -0.05) is 32.0 Å². The van der Waals surface area contributed by atoms with Crippen LogP contribution in [0, 0.1) is 0 Å². The van der Waals surface area contributed by atoms with Crippen LogP contribution in [0.5, 0.6) is 0 Å². The summed E-state index contributed by atoms with van der Waals surface area (Å²) in [5.41, 5.74) is 3.27. The van der Waals surface area contributed by atoms with Gasteiger partial charge in [0.05, 0.1) is 5.69 Å². The SMILES string of the molecule is CCc1cccc(CC)c1N1CCCC(=O)C1=O. The number of hydrogen-bond acceptors (Lipinski definition) is 2. The Labute approximate surface area is 108 Å². The lowest BCUT2D eigenvalue weighted by atomic mass is 9.99. The molecule has 1 aliphatic heterocycles. The molecule has 0 radical (unpaired) electrons. The third-order valence-electron chi connectivity index (χ3n) is 3.50. The first kappa shape index (κ1) is 12.8. The van der Waals surface area contributed by atoms with E-state index in [-0.39, 0.29) is 11.7 Å². The molecule has 1 saturated heterocycles. The zero-order valence-corrected chi connectivity index (χ0v) is 11.0. The molecule has 1 heterocycles. The molecule has 0 spiro atoms. The second-order valence-electron chi connectivity index (χ2n) is 4.62. The maximum atomic E-state index is 12.0. The number of piperidine rings is 1. The number of carbonyl (C=O) groups excluding carboxylic acids is 2. The monoisotopic (exact) mass is 245 g/mol. The summed E-state index contributed by atoms with van der Waals surface area (Å²) in [5, 5.41) is 0. The molecule has 96 valence electrons. The summed E-state index contributed by atoms with van der Waals surface area (Å²) in [5.74, 6) is -0.592. The summed E-state index contributed by atoms with van der Waals surface area (Å²) >= 11 is 0. The van der Waals surface area contributed by atoms with Gasteiger partial charge in [0.15, 0.2) is 0 Å². The van der Waals surface area contributed by atoms with Crippen molar-refractivity contribution in [3.63, 3.8) is 0 Å². The average molecular weight is 245 g/mol. The highest BCUT2D eigenvalue weighted by molar-refractivity contribution is 6.42. The van der Waals surface area contributed by atoms with Crippen molar-refractivity contribution < 1.29 is 9.59 Å². The highest BCUT2D eigenvalue weighted by atomic mass is 16.2. The number of carbonyl (C=O) groups is 2. The third-order valence-corrected chi connectivity index (χ3v) is 3.50. The second kappa shape index (κ2) is 5.34. The Kier molecular flexibility index (Phi) is 3.80. The van der Waals surface area contributed by atoms with Gasteiger partial charge in [-0.2, -0.15) is 0 Å². The molecule has 3 nitrogen and oxygen atoms in total. The molecule has 0 aromatic heterocycles. The van der Waals surface area contributed by atoms with Crippen molar-refractivity contribution in [1.82, 2.24) is 0 Å². The first-order valence-corrected chi connectivity index (χ1v) is 6.64. The van der Waals surface area contributed by atoms with Gasteiger partial charge < -0.3 is 4.90 Å². The molecule has 0 aliphatic carbocycles. The molecule has 1 aliphatic rings. The summed E-state index contributed by atoms with van der Waals surface area (Å²) in [6, 6.07) is 6.11. The zero-order chi connectivity index (χ0) is 13.1. The normalized spacial score (nSPS) is 16.2. The van der Waals surface area contributed by atoms with Crippen LogP contribution in [-0.2, 0) is 22.4 Å². The lowest BCUT2D eigenvalue weighted by molar-refractivity contribution is -0.137. The van der Waals surface area contributed by atoms with Crippen LogP contribution in [0.3, 0.4) is 0 Å². The van der Waals surface area contributed by atoms with Gasteiger partial charge in [-0.25, -0.2) is 0 Å². The van der Waals surface area contributed by atoms with E-state index in [4.69, 9.17) is 0 Å². The molecular weight excluding hydrogens is 226 g/mol. The van der Waals surface area contributed by atoms with Gasteiger partial charge in [0.1, 0.15) is 0 Å². The predicted molar refractivity (Wildman–Crippen MR) is 71.8 cm³/mol. The fourth-order valence-electron chi connectivity index (χ4n) is 2.53. The topological polar surface area (TPSA) is 37.4 Å². The van der Waals surface area contributed by atoms with Crippen LogP contribution in [-0.4, -0.2) is 18.2 Å². The van der Waals surface area contributed by atoms with Crippen molar-refractivity contribution in [3.8, 4) is 0 Å². The van der Waals surface area contributed by atoms with Crippen LogP contribution in [0.4, 0.5) is 5.69 Å².